The minimum absolute atomic E-state index is 0.316. The maximum atomic E-state index is 4.06. The van der Waals surface area contributed by atoms with Crippen LogP contribution in [0, 0.1) is 0 Å². The number of hydrogen-bond donors (Lipinski definition) is 1. The molecule has 1 aromatic heterocycles. The highest BCUT2D eigenvalue weighted by Gasteiger charge is 2.13. The van der Waals surface area contributed by atoms with Crippen LogP contribution in [0.2, 0.25) is 0 Å². The monoisotopic (exact) mass is 318 g/mol. The predicted octanol–water partition coefficient (Wildman–Crippen LogP) is 4.65. The first-order valence-electron chi connectivity index (χ1n) is 6.62. The van der Waals surface area contributed by atoms with Gasteiger partial charge in [-0.15, -0.1) is 0 Å². The molecule has 1 N–H and O–H groups in total. The molecule has 19 heavy (non-hydrogen) atoms. The molecule has 1 heterocycles. The number of rotatable bonds is 5. The lowest BCUT2D eigenvalue weighted by molar-refractivity contribution is 0.456. The number of nitrogens with one attached hydrogen (secondary N) is 1. The predicted molar refractivity (Wildman–Crippen MR) is 83.0 cm³/mol. The molecule has 3 heteroatoms. The van der Waals surface area contributed by atoms with E-state index in [4.69, 9.17) is 0 Å². The third kappa shape index (κ3) is 3.88. The summed E-state index contributed by atoms with van der Waals surface area (Å²) in [5.74, 6) is 0. The molecule has 2 atom stereocenters. The average molecular weight is 319 g/mol. The van der Waals surface area contributed by atoms with Gasteiger partial charge in [-0.2, -0.15) is 0 Å². The quantitative estimate of drug-likeness (QED) is 0.868. The summed E-state index contributed by atoms with van der Waals surface area (Å²) >= 11 is 3.48. The normalized spacial score (nSPS) is 14.1. The Morgan fingerprint density at radius 2 is 1.68 bits per heavy atom. The Balaban J connectivity index is 2.09. The maximum absolute atomic E-state index is 4.06. The molecule has 2 nitrogen and oxygen atoms in total. The van der Waals surface area contributed by atoms with Gasteiger partial charge in [-0.1, -0.05) is 35.0 Å². The number of nitrogens with zero attached hydrogens (tertiary/aromatic N) is 1. The van der Waals surface area contributed by atoms with Crippen LogP contribution >= 0.6 is 15.9 Å². The number of aromatic nitrogens is 1. The van der Waals surface area contributed by atoms with Crippen molar-refractivity contribution in [3.63, 3.8) is 0 Å². The molecule has 0 amide bonds. The van der Waals surface area contributed by atoms with E-state index < -0.39 is 0 Å². The first kappa shape index (κ1) is 14.2. The molecule has 0 bridgehead atoms. The fraction of sp³-hybridized carbons (Fsp3) is 0.312. The summed E-state index contributed by atoms with van der Waals surface area (Å²) in [6.45, 7) is 4.40. The smallest absolute Gasteiger partial charge is 0.0323 e. The van der Waals surface area contributed by atoms with Crippen LogP contribution < -0.4 is 5.32 Å². The van der Waals surface area contributed by atoms with Gasteiger partial charge in [0.25, 0.3) is 0 Å². The summed E-state index contributed by atoms with van der Waals surface area (Å²) in [6, 6.07) is 13.3. The minimum atomic E-state index is 0.316. The standard InChI is InChI=1S/C16H19BrN2/c1-3-16(14-4-6-15(17)7-5-14)19-12(2)13-8-10-18-11-9-13/h4-12,16,19H,3H2,1-2H3/t12-,16?/m0/s1. The van der Waals surface area contributed by atoms with E-state index in [1.165, 1.54) is 11.1 Å². The third-order valence-electron chi connectivity index (χ3n) is 3.34. The van der Waals surface area contributed by atoms with E-state index in [9.17, 15) is 0 Å². The van der Waals surface area contributed by atoms with Gasteiger partial charge < -0.3 is 5.32 Å². The number of halogens is 1. The molecule has 0 saturated heterocycles. The number of hydrogen-bond acceptors (Lipinski definition) is 2. The van der Waals surface area contributed by atoms with Crippen LogP contribution in [0.3, 0.4) is 0 Å². The summed E-state index contributed by atoms with van der Waals surface area (Å²) in [7, 11) is 0. The Labute approximate surface area is 123 Å². The van der Waals surface area contributed by atoms with E-state index in [-0.39, 0.29) is 0 Å². The zero-order valence-corrected chi connectivity index (χ0v) is 12.9. The SMILES string of the molecule is CCC(N[C@@H](C)c1ccncc1)c1ccc(Br)cc1. The summed E-state index contributed by atoms with van der Waals surface area (Å²) in [5.41, 5.74) is 2.59. The van der Waals surface area contributed by atoms with Gasteiger partial charge in [-0.05, 0) is 48.7 Å². The Hall–Kier alpha value is -1.19. The first-order chi connectivity index (χ1) is 9.20. The summed E-state index contributed by atoms with van der Waals surface area (Å²) in [5, 5.41) is 3.68. The molecule has 100 valence electrons. The molecule has 0 radical (unpaired) electrons. The van der Waals surface area contributed by atoms with Crippen LogP contribution in [0.15, 0.2) is 53.3 Å². The first-order valence-corrected chi connectivity index (χ1v) is 7.41. The topological polar surface area (TPSA) is 24.9 Å². The van der Waals surface area contributed by atoms with Crippen LogP contribution in [0.25, 0.3) is 0 Å². The van der Waals surface area contributed by atoms with E-state index in [0.717, 1.165) is 10.9 Å². The molecule has 1 unspecified atom stereocenters. The molecule has 0 saturated carbocycles. The second-order valence-corrected chi connectivity index (χ2v) is 5.60. The minimum Gasteiger partial charge on any atom is -0.303 e. The summed E-state index contributed by atoms with van der Waals surface area (Å²) < 4.78 is 1.12. The highest BCUT2D eigenvalue weighted by molar-refractivity contribution is 9.10. The van der Waals surface area contributed by atoms with E-state index in [2.05, 4.69) is 76.5 Å². The van der Waals surface area contributed by atoms with E-state index >= 15 is 0 Å². The Kier molecular flexibility index (Phi) is 5.11. The molecule has 0 aliphatic rings. The van der Waals surface area contributed by atoms with Gasteiger partial charge in [0.2, 0.25) is 0 Å². The third-order valence-corrected chi connectivity index (χ3v) is 3.87. The molecule has 0 aliphatic heterocycles. The highest BCUT2D eigenvalue weighted by Crippen LogP contribution is 2.23. The van der Waals surface area contributed by atoms with E-state index in [0.29, 0.717) is 12.1 Å². The van der Waals surface area contributed by atoms with Crippen LogP contribution in [-0.2, 0) is 0 Å². The van der Waals surface area contributed by atoms with Gasteiger partial charge in [-0.25, -0.2) is 0 Å². The van der Waals surface area contributed by atoms with Crippen LogP contribution in [0.4, 0.5) is 0 Å². The molecule has 0 aliphatic carbocycles. The van der Waals surface area contributed by atoms with Crippen molar-refractivity contribution in [2.75, 3.05) is 0 Å². The lowest BCUT2D eigenvalue weighted by atomic mass is 10.0. The van der Waals surface area contributed by atoms with Gasteiger partial charge >= 0.3 is 0 Å². The van der Waals surface area contributed by atoms with E-state index in [1.54, 1.807) is 0 Å². The Morgan fingerprint density at radius 3 is 2.26 bits per heavy atom. The van der Waals surface area contributed by atoms with Crippen molar-refractivity contribution in [2.24, 2.45) is 0 Å². The van der Waals surface area contributed by atoms with Crippen LogP contribution in [-0.4, -0.2) is 4.98 Å². The van der Waals surface area contributed by atoms with Gasteiger partial charge in [0.15, 0.2) is 0 Å². The zero-order chi connectivity index (χ0) is 13.7. The molecular weight excluding hydrogens is 300 g/mol. The van der Waals surface area contributed by atoms with Gasteiger partial charge in [-0.3, -0.25) is 4.98 Å². The summed E-state index contributed by atoms with van der Waals surface area (Å²) in [6.07, 6.45) is 4.75. The molecule has 0 spiro atoms. The fourth-order valence-corrected chi connectivity index (χ4v) is 2.46. The summed E-state index contributed by atoms with van der Waals surface area (Å²) in [4.78, 5) is 4.06. The molecule has 2 rings (SSSR count). The number of pyridine rings is 1. The van der Waals surface area contributed by atoms with Gasteiger partial charge in [0.1, 0.15) is 0 Å². The lowest BCUT2D eigenvalue weighted by Crippen LogP contribution is -2.24. The molecule has 2 aromatic rings. The van der Waals surface area contributed by atoms with Crippen molar-refractivity contribution in [2.45, 2.75) is 32.4 Å². The lowest BCUT2D eigenvalue weighted by Gasteiger charge is -2.23. The Bertz CT molecular complexity index is 496. The zero-order valence-electron chi connectivity index (χ0n) is 11.3. The molecular formula is C16H19BrN2. The number of benzene rings is 1. The van der Waals surface area contributed by atoms with Gasteiger partial charge in [0, 0.05) is 29.0 Å². The van der Waals surface area contributed by atoms with E-state index in [1.807, 2.05) is 12.4 Å². The van der Waals surface area contributed by atoms with Crippen molar-refractivity contribution >= 4 is 15.9 Å². The second kappa shape index (κ2) is 6.83. The van der Waals surface area contributed by atoms with Crippen LogP contribution in [0.1, 0.15) is 43.5 Å². The second-order valence-electron chi connectivity index (χ2n) is 4.68. The largest absolute Gasteiger partial charge is 0.303 e. The van der Waals surface area contributed by atoms with Crippen molar-refractivity contribution in [1.29, 1.82) is 0 Å². The Morgan fingerprint density at radius 1 is 1.05 bits per heavy atom. The highest BCUT2D eigenvalue weighted by atomic mass is 79.9. The maximum Gasteiger partial charge on any atom is 0.0323 e. The van der Waals surface area contributed by atoms with Crippen LogP contribution in [0.5, 0.6) is 0 Å². The van der Waals surface area contributed by atoms with Crippen molar-refractivity contribution in [1.82, 2.24) is 10.3 Å². The van der Waals surface area contributed by atoms with Crippen molar-refractivity contribution in [3.8, 4) is 0 Å². The molecule has 0 fully saturated rings. The van der Waals surface area contributed by atoms with Crippen molar-refractivity contribution in [3.05, 3.63) is 64.4 Å². The van der Waals surface area contributed by atoms with Gasteiger partial charge in [0.05, 0.1) is 0 Å². The fourth-order valence-electron chi connectivity index (χ4n) is 2.19. The average Bonchev–Trinajstić information content (AvgIpc) is 2.46. The van der Waals surface area contributed by atoms with Crippen molar-refractivity contribution < 1.29 is 0 Å². The molecule has 1 aromatic carbocycles.